The van der Waals surface area contributed by atoms with E-state index in [-0.39, 0.29) is 29.7 Å². The van der Waals surface area contributed by atoms with E-state index < -0.39 is 10.0 Å². The third-order valence-corrected chi connectivity index (χ3v) is 4.63. The van der Waals surface area contributed by atoms with E-state index in [2.05, 4.69) is 10.6 Å². The van der Waals surface area contributed by atoms with Gasteiger partial charge in [0.05, 0.1) is 11.3 Å². The molecule has 7 nitrogen and oxygen atoms in total. The SMILES string of the molecule is NS(=O)(=O)c1ccc(CNC(=O)c2ccc3c(c2)CC(=O)N3)cc1. The lowest BCUT2D eigenvalue weighted by Crippen LogP contribution is -2.23. The molecule has 0 atom stereocenters. The van der Waals surface area contributed by atoms with Crippen LogP contribution in [-0.2, 0) is 27.8 Å². The first-order chi connectivity index (χ1) is 11.3. The summed E-state index contributed by atoms with van der Waals surface area (Å²) in [6.07, 6.45) is 0.269. The summed E-state index contributed by atoms with van der Waals surface area (Å²) in [7, 11) is -3.73. The highest BCUT2D eigenvalue weighted by Crippen LogP contribution is 2.23. The highest BCUT2D eigenvalue weighted by atomic mass is 32.2. The van der Waals surface area contributed by atoms with Crippen LogP contribution in [0.2, 0.25) is 0 Å². The largest absolute Gasteiger partial charge is 0.348 e. The standard InChI is InChI=1S/C16H15N3O4S/c17-24(22,23)13-4-1-10(2-5-13)9-18-16(21)11-3-6-14-12(7-11)8-15(20)19-14/h1-7H,8-9H2,(H,18,21)(H,19,20)(H2,17,22,23). The molecule has 0 saturated carbocycles. The van der Waals surface area contributed by atoms with Crippen molar-refractivity contribution in [2.75, 3.05) is 5.32 Å². The van der Waals surface area contributed by atoms with E-state index in [0.717, 1.165) is 16.8 Å². The van der Waals surface area contributed by atoms with Crippen LogP contribution in [-0.4, -0.2) is 20.2 Å². The van der Waals surface area contributed by atoms with Crippen LogP contribution >= 0.6 is 0 Å². The zero-order chi connectivity index (χ0) is 17.3. The van der Waals surface area contributed by atoms with Crippen LogP contribution in [0.15, 0.2) is 47.4 Å². The van der Waals surface area contributed by atoms with Crippen LogP contribution in [0.1, 0.15) is 21.5 Å². The van der Waals surface area contributed by atoms with Gasteiger partial charge in [0.2, 0.25) is 15.9 Å². The van der Waals surface area contributed by atoms with Crippen LogP contribution in [0.4, 0.5) is 5.69 Å². The molecule has 0 unspecified atom stereocenters. The smallest absolute Gasteiger partial charge is 0.251 e. The first kappa shape index (κ1) is 16.2. The van der Waals surface area contributed by atoms with Gasteiger partial charge in [0.1, 0.15) is 0 Å². The number of sulfonamides is 1. The Balaban J connectivity index is 1.66. The Bertz CT molecular complexity index is 921. The maximum Gasteiger partial charge on any atom is 0.251 e. The normalized spacial score (nSPS) is 13.3. The number of nitrogens with two attached hydrogens (primary N) is 1. The van der Waals surface area contributed by atoms with Crippen LogP contribution in [0.3, 0.4) is 0 Å². The van der Waals surface area contributed by atoms with E-state index >= 15 is 0 Å². The molecule has 1 aliphatic heterocycles. The molecule has 8 heteroatoms. The summed E-state index contributed by atoms with van der Waals surface area (Å²) in [4.78, 5) is 23.5. The summed E-state index contributed by atoms with van der Waals surface area (Å²) >= 11 is 0. The van der Waals surface area contributed by atoms with E-state index in [4.69, 9.17) is 5.14 Å². The van der Waals surface area contributed by atoms with Crippen LogP contribution in [0, 0.1) is 0 Å². The van der Waals surface area contributed by atoms with Gasteiger partial charge in [-0.05, 0) is 41.5 Å². The molecule has 2 aromatic carbocycles. The van der Waals surface area contributed by atoms with Gasteiger partial charge in [-0.25, -0.2) is 13.6 Å². The summed E-state index contributed by atoms with van der Waals surface area (Å²) in [5, 5.41) is 10.5. The molecule has 0 bridgehead atoms. The molecule has 124 valence electrons. The summed E-state index contributed by atoms with van der Waals surface area (Å²) in [6.45, 7) is 0.248. The zero-order valence-electron chi connectivity index (χ0n) is 12.6. The van der Waals surface area contributed by atoms with Crippen molar-refractivity contribution in [3.05, 3.63) is 59.2 Å². The van der Waals surface area contributed by atoms with Gasteiger partial charge in [-0.15, -0.1) is 0 Å². The summed E-state index contributed by atoms with van der Waals surface area (Å²) in [5.41, 5.74) is 2.74. The highest BCUT2D eigenvalue weighted by Gasteiger charge is 2.19. The van der Waals surface area contributed by atoms with Crippen molar-refractivity contribution in [2.24, 2.45) is 5.14 Å². The molecule has 0 fully saturated rings. The quantitative estimate of drug-likeness (QED) is 0.758. The lowest BCUT2D eigenvalue weighted by Gasteiger charge is -2.07. The molecule has 24 heavy (non-hydrogen) atoms. The number of nitrogens with one attached hydrogen (secondary N) is 2. The van der Waals surface area contributed by atoms with Gasteiger partial charge < -0.3 is 10.6 Å². The van der Waals surface area contributed by atoms with Crippen molar-refractivity contribution in [3.8, 4) is 0 Å². The number of anilines is 1. The summed E-state index contributed by atoms with van der Waals surface area (Å²) < 4.78 is 22.4. The number of carbonyl (C=O) groups excluding carboxylic acids is 2. The average molecular weight is 345 g/mol. The van der Waals surface area contributed by atoms with Crippen molar-refractivity contribution in [3.63, 3.8) is 0 Å². The van der Waals surface area contributed by atoms with Crippen molar-refractivity contribution >= 4 is 27.5 Å². The topological polar surface area (TPSA) is 118 Å². The van der Waals surface area contributed by atoms with Crippen molar-refractivity contribution in [1.82, 2.24) is 5.32 Å². The second-order valence-electron chi connectivity index (χ2n) is 5.47. The molecular formula is C16H15N3O4S. The molecule has 0 saturated heterocycles. The molecule has 1 aliphatic rings. The van der Waals surface area contributed by atoms with Gasteiger partial charge in [0.15, 0.2) is 0 Å². The fraction of sp³-hybridized carbons (Fsp3) is 0.125. The molecule has 2 amide bonds. The Morgan fingerprint density at radius 2 is 1.88 bits per heavy atom. The average Bonchev–Trinajstić information content (AvgIpc) is 2.91. The monoisotopic (exact) mass is 345 g/mol. The Kier molecular flexibility index (Phi) is 4.08. The molecule has 0 aliphatic carbocycles. The first-order valence-electron chi connectivity index (χ1n) is 7.16. The third kappa shape index (κ3) is 3.44. The number of rotatable bonds is 4. The van der Waals surface area contributed by atoms with E-state index in [0.29, 0.717) is 5.56 Å². The van der Waals surface area contributed by atoms with E-state index in [1.807, 2.05) is 0 Å². The Morgan fingerprint density at radius 3 is 2.54 bits per heavy atom. The summed E-state index contributed by atoms with van der Waals surface area (Å²) in [6, 6.07) is 11.0. The Morgan fingerprint density at radius 1 is 1.17 bits per heavy atom. The predicted molar refractivity (Wildman–Crippen MR) is 87.8 cm³/mol. The molecule has 4 N–H and O–H groups in total. The minimum Gasteiger partial charge on any atom is -0.348 e. The molecule has 0 radical (unpaired) electrons. The zero-order valence-corrected chi connectivity index (χ0v) is 13.4. The molecule has 2 aromatic rings. The lowest BCUT2D eigenvalue weighted by atomic mass is 10.1. The van der Waals surface area contributed by atoms with Gasteiger partial charge in [0.25, 0.3) is 5.91 Å². The minimum atomic E-state index is -3.73. The van der Waals surface area contributed by atoms with Crippen LogP contribution in [0.5, 0.6) is 0 Å². The van der Waals surface area contributed by atoms with E-state index in [1.165, 1.54) is 12.1 Å². The molecule has 0 aromatic heterocycles. The number of benzene rings is 2. The lowest BCUT2D eigenvalue weighted by molar-refractivity contribution is -0.115. The Labute approximate surface area is 138 Å². The van der Waals surface area contributed by atoms with E-state index in [1.54, 1.807) is 30.3 Å². The fourth-order valence-corrected chi connectivity index (χ4v) is 2.97. The highest BCUT2D eigenvalue weighted by molar-refractivity contribution is 7.89. The van der Waals surface area contributed by atoms with Gasteiger partial charge >= 0.3 is 0 Å². The number of hydrogen-bond donors (Lipinski definition) is 3. The Hall–Kier alpha value is -2.71. The van der Waals surface area contributed by atoms with Gasteiger partial charge in [-0.2, -0.15) is 0 Å². The maximum absolute atomic E-state index is 12.2. The van der Waals surface area contributed by atoms with Gasteiger partial charge in [-0.1, -0.05) is 12.1 Å². The number of fused-ring (bicyclic) bond motifs is 1. The second kappa shape index (κ2) is 6.06. The van der Waals surface area contributed by atoms with Gasteiger partial charge in [-0.3, -0.25) is 9.59 Å². The number of carbonyl (C=O) groups is 2. The molecule has 3 rings (SSSR count). The number of hydrogen-bond acceptors (Lipinski definition) is 4. The fourth-order valence-electron chi connectivity index (χ4n) is 2.45. The van der Waals surface area contributed by atoms with Crippen LogP contribution < -0.4 is 15.8 Å². The van der Waals surface area contributed by atoms with Crippen molar-refractivity contribution < 1.29 is 18.0 Å². The number of amides is 2. The van der Waals surface area contributed by atoms with Crippen molar-refractivity contribution in [2.45, 2.75) is 17.9 Å². The predicted octanol–water partition coefficient (Wildman–Crippen LogP) is 0.759. The first-order valence-corrected chi connectivity index (χ1v) is 8.70. The van der Waals surface area contributed by atoms with Gasteiger partial charge in [0, 0.05) is 17.8 Å². The molecule has 0 spiro atoms. The molecular weight excluding hydrogens is 330 g/mol. The number of primary sulfonamides is 1. The van der Waals surface area contributed by atoms with Crippen molar-refractivity contribution in [1.29, 1.82) is 0 Å². The maximum atomic E-state index is 12.2. The third-order valence-electron chi connectivity index (χ3n) is 3.70. The molecule has 1 heterocycles. The minimum absolute atomic E-state index is 0.0216. The second-order valence-corrected chi connectivity index (χ2v) is 7.03. The summed E-state index contributed by atoms with van der Waals surface area (Å²) in [5.74, 6) is -0.356. The van der Waals surface area contributed by atoms with E-state index in [9.17, 15) is 18.0 Å². The van der Waals surface area contributed by atoms with Crippen LogP contribution in [0.25, 0.3) is 0 Å².